The van der Waals surface area contributed by atoms with E-state index in [2.05, 4.69) is 136 Å². The molecular weight excluding hydrogens is 1080 g/mol. The molecule has 0 saturated heterocycles. The van der Waals surface area contributed by atoms with Gasteiger partial charge in [0.25, 0.3) is 0 Å². The van der Waals surface area contributed by atoms with E-state index in [1.165, 1.54) is 18.2 Å². The number of hydrogen-bond acceptors (Lipinski definition) is 5. The molecule has 0 saturated carbocycles. The van der Waals surface area contributed by atoms with Crippen LogP contribution in [0.4, 0.5) is 0 Å². The molecule has 31 heavy (non-hydrogen) atoms. The molecule has 0 atom stereocenters. The van der Waals surface area contributed by atoms with Crippen molar-refractivity contribution in [1.82, 2.24) is 0 Å². The van der Waals surface area contributed by atoms with Crippen LogP contribution in [0.2, 0.25) is 0 Å². The van der Waals surface area contributed by atoms with E-state index in [0.29, 0.717) is 11.5 Å². The van der Waals surface area contributed by atoms with Crippen LogP contribution in [0.1, 0.15) is 20.7 Å². The van der Waals surface area contributed by atoms with E-state index in [-0.39, 0.29) is 16.9 Å². The number of ether oxygens (including phenoxy) is 2. The van der Waals surface area contributed by atoms with Crippen molar-refractivity contribution in [2.45, 2.75) is 0 Å². The summed E-state index contributed by atoms with van der Waals surface area (Å²) in [5.74, 6) is -0.731. The van der Waals surface area contributed by atoms with E-state index in [1.54, 1.807) is 0 Å². The van der Waals surface area contributed by atoms with Gasteiger partial charge in [-0.1, -0.05) is 0 Å². The lowest BCUT2D eigenvalue weighted by molar-refractivity contribution is 0.0731. The predicted octanol–water partition coefficient (Wildman–Crippen LogP) is 7.46. The molecule has 5 nitrogen and oxygen atoms in total. The molecule has 3 aromatic rings. The first-order valence-corrected chi connectivity index (χ1v) is 14.6. The summed E-state index contributed by atoms with van der Waals surface area (Å²) in [6.45, 7) is 0. The van der Waals surface area contributed by atoms with E-state index in [4.69, 9.17) is 9.47 Å². The number of benzene rings is 3. The maximum absolute atomic E-state index is 12.7. The van der Waals surface area contributed by atoms with Gasteiger partial charge in [-0.3, -0.25) is 0 Å². The van der Waals surface area contributed by atoms with Gasteiger partial charge in [-0.25, -0.2) is 9.59 Å². The van der Waals surface area contributed by atoms with Crippen LogP contribution in [0.5, 0.6) is 17.2 Å². The molecule has 0 aliphatic carbocycles. The molecular formula is C20H8I6O5. The molecule has 1 N–H and O–H groups in total. The molecule has 0 spiro atoms. The second-order valence-electron chi connectivity index (χ2n) is 5.94. The molecule has 0 unspecified atom stereocenters. The van der Waals surface area contributed by atoms with Crippen LogP contribution < -0.4 is 9.47 Å². The minimum Gasteiger partial charge on any atom is -0.508 e. The van der Waals surface area contributed by atoms with Gasteiger partial charge in [0.1, 0.15) is 5.75 Å². The minimum atomic E-state index is -0.680. The molecule has 0 aliphatic heterocycles. The highest BCUT2D eigenvalue weighted by Crippen LogP contribution is 2.32. The number of aromatic hydroxyl groups is 1. The van der Waals surface area contributed by atoms with Gasteiger partial charge in [-0.15, -0.1) is 0 Å². The number of phenolic OH excluding ortho intramolecular Hbond substituents is 1. The van der Waals surface area contributed by atoms with E-state index in [1.807, 2.05) is 24.3 Å². The molecule has 0 aromatic heterocycles. The van der Waals surface area contributed by atoms with Crippen molar-refractivity contribution < 1.29 is 24.2 Å². The van der Waals surface area contributed by atoms with Crippen LogP contribution in [0, 0.1) is 21.4 Å². The van der Waals surface area contributed by atoms with Gasteiger partial charge in [0.2, 0.25) is 0 Å². The monoisotopic (exact) mass is 1090 g/mol. The van der Waals surface area contributed by atoms with Crippen molar-refractivity contribution in [2.75, 3.05) is 0 Å². The number of rotatable bonds is 4. The summed E-state index contributed by atoms with van der Waals surface area (Å²) < 4.78 is 16.3. The lowest BCUT2D eigenvalue weighted by Crippen LogP contribution is -2.14. The smallest absolute Gasteiger partial charge is 0.343 e. The highest BCUT2D eigenvalue weighted by Gasteiger charge is 2.20. The summed E-state index contributed by atoms with van der Waals surface area (Å²) in [5, 5.41) is 10.1. The second kappa shape index (κ2) is 11.5. The van der Waals surface area contributed by atoms with Gasteiger partial charge in [0, 0.05) is 7.14 Å². The van der Waals surface area contributed by atoms with E-state index >= 15 is 0 Å². The normalized spacial score (nSPS) is 10.6. The number of carbonyl (C=O) groups excluding carboxylic acids is 2. The standard InChI is InChI=1S/C20H8I6O5/c21-10-4-13(23)17(14(24)5-10)30-19(28)8-1-9(3-12(27)2-8)20(29)31-18-15(25)6-11(22)7-16(18)26/h1-7,27H. The Kier molecular flexibility index (Phi) is 9.76. The van der Waals surface area contributed by atoms with Crippen LogP contribution in [0.15, 0.2) is 42.5 Å². The predicted molar refractivity (Wildman–Crippen MR) is 167 cm³/mol. The summed E-state index contributed by atoms with van der Waals surface area (Å²) >= 11 is 12.8. The van der Waals surface area contributed by atoms with Crippen molar-refractivity contribution in [2.24, 2.45) is 0 Å². The van der Waals surface area contributed by atoms with Crippen LogP contribution in [0.3, 0.4) is 0 Å². The second-order valence-corrected chi connectivity index (χ2v) is 13.1. The third-order valence-electron chi connectivity index (χ3n) is 3.70. The lowest BCUT2D eigenvalue weighted by atomic mass is 10.1. The average Bonchev–Trinajstić information content (AvgIpc) is 2.66. The topological polar surface area (TPSA) is 72.8 Å². The van der Waals surface area contributed by atoms with Crippen molar-refractivity contribution >= 4 is 147 Å². The van der Waals surface area contributed by atoms with Gasteiger partial charge in [-0.2, -0.15) is 0 Å². The number of carbonyl (C=O) groups is 2. The molecule has 3 aromatic carbocycles. The van der Waals surface area contributed by atoms with Gasteiger partial charge in [0.15, 0.2) is 11.5 Å². The Labute approximate surface area is 259 Å². The molecule has 0 amide bonds. The summed E-state index contributed by atoms with van der Waals surface area (Å²) in [5.41, 5.74) is 0.0909. The number of esters is 2. The molecule has 0 heterocycles. The van der Waals surface area contributed by atoms with Crippen LogP contribution in [0.25, 0.3) is 0 Å². The number of hydrogen-bond donors (Lipinski definition) is 1. The SMILES string of the molecule is O=C(Oc1c(I)cc(I)cc1I)c1cc(O)cc(C(=O)Oc2c(I)cc(I)cc2I)c1. The highest BCUT2D eigenvalue weighted by molar-refractivity contribution is 14.1. The lowest BCUT2D eigenvalue weighted by Gasteiger charge is -2.12. The highest BCUT2D eigenvalue weighted by atomic mass is 127. The third-order valence-corrected chi connectivity index (χ3v) is 8.16. The summed E-state index contributed by atoms with van der Waals surface area (Å²) in [4.78, 5) is 25.5. The summed E-state index contributed by atoms with van der Waals surface area (Å²) in [6, 6.07) is 11.4. The fourth-order valence-electron chi connectivity index (χ4n) is 2.40. The van der Waals surface area contributed by atoms with Gasteiger partial charge in [-0.05, 0) is 178 Å². The largest absolute Gasteiger partial charge is 0.508 e. The zero-order valence-electron chi connectivity index (χ0n) is 14.9. The molecule has 11 heteroatoms. The molecule has 0 fully saturated rings. The Balaban J connectivity index is 1.88. The van der Waals surface area contributed by atoms with Crippen molar-refractivity contribution in [3.8, 4) is 17.2 Å². The molecule has 0 aliphatic rings. The van der Waals surface area contributed by atoms with Crippen LogP contribution in [-0.4, -0.2) is 17.0 Å². The first-order chi connectivity index (χ1) is 14.5. The zero-order chi connectivity index (χ0) is 22.9. The number of phenols is 1. The first-order valence-electron chi connectivity index (χ1n) is 8.12. The molecule has 0 radical (unpaired) electrons. The van der Waals surface area contributed by atoms with Crippen molar-refractivity contribution in [3.63, 3.8) is 0 Å². The van der Waals surface area contributed by atoms with Gasteiger partial charge in [0.05, 0.1) is 25.4 Å². The maximum Gasteiger partial charge on any atom is 0.343 e. The number of halogens is 6. The Morgan fingerprint density at radius 2 is 0.903 bits per heavy atom. The quantitative estimate of drug-likeness (QED) is 0.167. The van der Waals surface area contributed by atoms with Crippen molar-refractivity contribution in [1.29, 1.82) is 0 Å². The fourth-order valence-corrected chi connectivity index (χ4v) is 10.0. The summed E-state index contributed by atoms with van der Waals surface area (Å²) in [7, 11) is 0. The zero-order valence-corrected chi connectivity index (χ0v) is 27.8. The molecule has 3 rings (SSSR count). The van der Waals surface area contributed by atoms with Gasteiger partial charge >= 0.3 is 11.9 Å². The Morgan fingerprint density at radius 1 is 0.581 bits per heavy atom. The fraction of sp³-hybridized carbons (Fsp3) is 0. The third kappa shape index (κ3) is 6.90. The van der Waals surface area contributed by atoms with Crippen molar-refractivity contribution in [3.05, 3.63) is 75.0 Å². The van der Waals surface area contributed by atoms with E-state index < -0.39 is 11.9 Å². The Morgan fingerprint density at radius 3 is 1.23 bits per heavy atom. The van der Waals surface area contributed by atoms with E-state index in [9.17, 15) is 14.7 Å². The van der Waals surface area contributed by atoms with Gasteiger partial charge < -0.3 is 14.6 Å². The molecule has 0 bridgehead atoms. The summed E-state index contributed by atoms with van der Waals surface area (Å²) in [6.07, 6.45) is 0. The maximum atomic E-state index is 12.7. The first kappa shape index (κ1) is 26.4. The Bertz CT molecular complexity index is 1070. The molecule has 160 valence electrons. The average molecular weight is 1090 g/mol. The van der Waals surface area contributed by atoms with Crippen LogP contribution >= 0.6 is 136 Å². The minimum absolute atomic E-state index is 0.0455. The van der Waals surface area contributed by atoms with E-state index in [0.717, 1.165) is 21.4 Å². The van der Waals surface area contributed by atoms with Crippen LogP contribution in [-0.2, 0) is 0 Å². The Hall–Kier alpha value is 0.780.